The molecule has 2 aliphatic rings. The average molecular weight is 336 g/mol. The second-order valence-electron chi connectivity index (χ2n) is 6.05. The normalized spacial score (nSPS) is 24.1. The van der Waals surface area contributed by atoms with Crippen LogP contribution in [0.1, 0.15) is 31.2 Å². The number of nitrogens with zero attached hydrogens (tertiary/aromatic N) is 1. The molecule has 7 heteroatoms. The Morgan fingerprint density at radius 2 is 2.00 bits per heavy atom. The third kappa shape index (κ3) is 3.39. The van der Waals surface area contributed by atoms with Crippen molar-refractivity contribution in [3.63, 3.8) is 0 Å². The first-order valence-corrected chi connectivity index (χ1v) is 9.51. The van der Waals surface area contributed by atoms with Crippen molar-refractivity contribution in [2.75, 3.05) is 12.3 Å². The van der Waals surface area contributed by atoms with Crippen LogP contribution in [0.25, 0.3) is 0 Å². The van der Waals surface area contributed by atoms with E-state index < -0.39 is 15.9 Å². The zero-order valence-electron chi connectivity index (χ0n) is 12.8. The van der Waals surface area contributed by atoms with Crippen molar-refractivity contribution in [3.8, 4) is 0 Å². The van der Waals surface area contributed by atoms with Gasteiger partial charge in [-0.1, -0.05) is 24.6 Å². The van der Waals surface area contributed by atoms with Crippen LogP contribution < -0.4 is 5.32 Å². The Morgan fingerprint density at radius 1 is 1.22 bits per heavy atom. The number of nitrogens with one attached hydrogen (secondary N) is 1. The quantitative estimate of drug-likeness (QED) is 0.824. The fourth-order valence-electron chi connectivity index (χ4n) is 3.13. The van der Waals surface area contributed by atoms with E-state index in [4.69, 9.17) is 0 Å². The van der Waals surface area contributed by atoms with Crippen LogP contribution in [-0.4, -0.2) is 43.5 Å². The van der Waals surface area contributed by atoms with Crippen molar-refractivity contribution in [2.24, 2.45) is 0 Å². The molecular formula is C16H20N2O4S. The summed E-state index contributed by atoms with van der Waals surface area (Å²) in [5.74, 6) is -0.382. The van der Waals surface area contributed by atoms with E-state index in [1.807, 2.05) is 0 Å². The van der Waals surface area contributed by atoms with Crippen LogP contribution in [0.3, 0.4) is 0 Å². The molecule has 1 atom stereocenters. The predicted octanol–water partition coefficient (Wildman–Crippen LogP) is 0.861. The SMILES string of the molecule is O=C1CCCC[C@@H](C(=O)N2CCS(=O)(=O)c3ccccc3C2)N1. The number of fused-ring (bicyclic) bond motifs is 1. The molecule has 1 aromatic rings. The molecule has 1 saturated heterocycles. The number of benzene rings is 1. The lowest BCUT2D eigenvalue weighted by Gasteiger charge is -2.25. The molecule has 1 fully saturated rings. The van der Waals surface area contributed by atoms with Gasteiger partial charge in [0.1, 0.15) is 6.04 Å². The van der Waals surface area contributed by atoms with E-state index in [0.717, 1.165) is 12.8 Å². The molecule has 2 heterocycles. The minimum absolute atomic E-state index is 0.0869. The lowest BCUT2D eigenvalue weighted by Crippen LogP contribution is -2.48. The zero-order chi connectivity index (χ0) is 16.4. The van der Waals surface area contributed by atoms with Gasteiger partial charge in [0.05, 0.1) is 10.6 Å². The molecule has 0 aliphatic carbocycles. The third-order valence-corrected chi connectivity index (χ3v) is 6.18. The highest BCUT2D eigenvalue weighted by atomic mass is 32.2. The van der Waals surface area contributed by atoms with Gasteiger partial charge in [0, 0.05) is 19.5 Å². The van der Waals surface area contributed by atoms with Gasteiger partial charge in [-0.2, -0.15) is 0 Å². The lowest BCUT2D eigenvalue weighted by molar-refractivity contribution is -0.136. The van der Waals surface area contributed by atoms with Crippen molar-refractivity contribution in [2.45, 2.75) is 43.2 Å². The summed E-state index contributed by atoms with van der Waals surface area (Å²) in [6, 6.07) is 6.25. The van der Waals surface area contributed by atoms with Crippen molar-refractivity contribution >= 4 is 21.7 Å². The molecule has 0 saturated carbocycles. The lowest BCUT2D eigenvalue weighted by atomic mass is 10.1. The molecule has 2 amide bonds. The summed E-state index contributed by atoms with van der Waals surface area (Å²) >= 11 is 0. The highest BCUT2D eigenvalue weighted by molar-refractivity contribution is 7.91. The molecule has 0 bridgehead atoms. The largest absolute Gasteiger partial charge is 0.344 e. The van der Waals surface area contributed by atoms with E-state index in [1.54, 1.807) is 29.2 Å². The fourth-order valence-corrected chi connectivity index (χ4v) is 4.63. The summed E-state index contributed by atoms with van der Waals surface area (Å²) in [7, 11) is -3.37. The first kappa shape index (κ1) is 16.0. The number of hydrogen-bond acceptors (Lipinski definition) is 4. The van der Waals surface area contributed by atoms with E-state index in [0.29, 0.717) is 23.3 Å². The second-order valence-corrected chi connectivity index (χ2v) is 8.13. The third-order valence-electron chi connectivity index (χ3n) is 4.39. The van der Waals surface area contributed by atoms with Gasteiger partial charge in [0.15, 0.2) is 9.84 Å². The van der Waals surface area contributed by atoms with E-state index in [9.17, 15) is 18.0 Å². The van der Waals surface area contributed by atoms with Gasteiger partial charge in [-0.05, 0) is 24.5 Å². The predicted molar refractivity (Wildman–Crippen MR) is 84.3 cm³/mol. The molecule has 0 unspecified atom stereocenters. The van der Waals surface area contributed by atoms with E-state index in [2.05, 4.69) is 5.32 Å². The van der Waals surface area contributed by atoms with Crippen molar-refractivity contribution < 1.29 is 18.0 Å². The van der Waals surface area contributed by atoms with Gasteiger partial charge in [-0.25, -0.2) is 8.42 Å². The Hall–Kier alpha value is -1.89. The van der Waals surface area contributed by atoms with Crippen LogP contribution in [0.4, 0.5) is 0 Å². The smallest absolute Gasteiger partial charge is 0.245 e. The molecule has 0 radical (unpaired) electrons. The Bertz CT molecular complexity index is 729. The maximum absolute atomic E-state index is 12.7. The number of rotatable bonds is 1. The zero-order valence-corrected chi connectivity index (χ0v) is 13.6. The molecule has 1 aromatic carbocycles. The van der Waals surface area contributed by atoms with E-state index in [1.165, 1.54) is 0 Å². The van der Waals surface area contributed by atoms with Crippen LogP contribution in [-0.2, 0) is 26.0 Å². The minimum Gasteiger partial charge on any atom is -0.344 e. The number of carbonyl (C=O) groups is 2. The maximum atomic E-state index is 12.7. The number of sulfone groups is 1. The molecular weight excluding hydrogens is 316 g/mol. The summed E-state index contributed by atoms with van der Waals surface area (Å²) < 4.78 is 24.7. The molecule has 0 aromatic heterocycles. The summed E-state index contributed by atoms with van der Waals surface area (Å²) in [4.78, 5) is 26.3. The Balaban J connectivity index is 1.84. The average Bonchev–Trinajstić information content (AvgIpc) is 2.82. The minimum atomic E-state index is -3.37. The molecule has 2 aliphatic heterocycles. The van der Waals surface area contributed by atoms with Crippen LogP contribution in [0.15, 0.2) is 29.2 Å². The number of amides is 2. The summed E-state index contributed by atoms with van der Waals surface area (Å²) in [5, 5.41) is 2.76. The first-order chi connectivity index (χ1) is 11.0. The summed E-state index contributed by atoms with van der Waals surface area (Å²) in [6.07, 6.45) is 2.65. The molecule has 0 spiro atoms. The van der Waals surface area contributed by atoms with Crippen LogP contribution in [0, 0.1) is 0 Å². The van der Waals surface area contributed by atoms with Gasteiger partial charge in [-0.3, -0.25) is 9.59 Å². The Labute approximate surface area is 135 Å². The van der Waals surface area contributed by atoms with Crippen LogP contribution in [0.5, 0.6) is 0 Å². The highest BCUT2D eigenvalue weighted by Gasteiger charge is 2.32. The number of carbonyl (C=O) groups excluding carboxylic acids is 2. The Kier molecular flexibility index (Phi) is 4.39. The van der Waals surface area contributed by atoms with E-state index >= 15 is 0 Å². The highest BCUT2D eigenvalue weighted by Crippen LogP contribution is 2.23. The van der Waals surface area contributed by atoms with E-state index in [-0.39, 0.29) is 30.7 Å². The van der Waals surface area contributed by atoms with Crippen LogP contribution >= 0.6 is 0 Å². The first-order valence-electron chi connectivity index (χ1n) is 7.86. The van der Waals surface area contributed by atoms with Crippen molar-refractivity contribution in [1.82, 2.24) is 10.2 Å². The monoisotopic (exact) mass is 336 g/mol. The van der Waals surface area contributed by atoms with Crippen molar-refractivity contribution in [3.05, 3.63) is 29.8 Å². The number of hydrogen-bond donors (Lipinski definition) is 1. The van der Waals surface area contributed by atoms with Crippen LogP contribution in [0.2, 0.25) is 0 Å². The van der Waals surface area contributed by atoms with Gasteiger partial charge in [0.2, 0.25) is 11.8 Å². The van der Waals surface area contributed by atoms with Gasteiger partial charge in [0.25, 0.3) is 0 Å². The topological polar surface area (TPSA) is 83.6 Å². The molecule has 6 nitrogen and oxygen atoms in total. The summed E-state index contributed by atoms with van der Waals surface area (Å²) in [6.45, 7) is 0.419. The summed E-state index contributed by atoms with van der Waals surface area (Å²) in [5.41, 5.74) is 0.637. The second kappa shape index (κ2) is 6.31. The van der Waals surface area contributed by atoms with Gasteiger partial charge in [-0.15, -0.1) is 0 Å². The molecule has 1 N–H and O–H groups in total. The standard InChI is InChI=1S/C16H20N2O4S/c19-15-8-4-2-6-13(17-15)16(20)18-9-10-23(21,22)14-7-3-1-5-12(14)11-18/h1,3,5,7,13H,2,4,6,8-11H2,(H,17,19)/t13-/m0/s1. The molecule has 3 rings (SSSR count). The van der Waals surface area contributed by atoms with Gasteiger partial charge < -0.3 is 10.2 Å². The Morgan fingerprint density at radius 3 is 2.83 bits per heavy atom. The van der Waals surface area contributed by atoms with Crippen molar-refractivity contribution in [1.29, 1.82) is 0 Å². The molecule has 124 valence electrons. The maximum Gasteiger partial charge on any atom is 0.245 e. The molecule has 23 heavy (non-hydrogen) atoms. The fraction of sp³-hybridized carbons (Fsp3) is 0.500. The van der Waals surface area contributed by atoms with Gasteiger partial charge >= 0.3 is 0 Å².